The monoisotopic (exact) mass is 481 g/mol. The van der Waals surface area contributed by atoms with E-state index in [9.17, 15) is 27.5 Å². The van der Waals surface area contributed by atoms with Crippen molar-refractivity contribution in [3.8, 4) is 0 Å². The summed E-state index contributed by atoms with van der Waals surface area (Å²) in [6.45, 7) is -0.125. The molecule has 0 spiro atoms. The minimum absolute atomic E-state index is 0.0106. The van der Waals surface area contributed by atoms with E-state index >= 15 is 0 Å². The van der Waals surface area contributed by atoms with Gasteiger partial charge in [0, 0.05) is 24.5 Å². The summed E-state index contributed by atoms with van der Waals surface area (Å²) in [5, 5.41) is 13.0. The van der Waals surface area contributed by atoms with E-state index in [1.807, 2.05) is 0 Å². The van der Waals surface area contributed by atoms with Crippen LogP contribution in [0.3, 0.4) is 0 Å². The number of nitrogens with one attached hydrogen (secondary N) is 2. The summed E-state index contributed by atoms with van der Waals surface area (Å²) in [7, 11) is -3.57. The van der Waals surface area contributed by atoms with Gasteiger partial charge in [0.1, 0.15) is 5.82 Å². The molecule has 1 atom stereocenters. The molecule has 3 N–H and O–H groups in total. The number of rotatable bonds is 7. The van der Waals surface area contributed by atoms with E-state index < -0.39 is 38.5 Å². The molecular weight excluding hydrogens is 461 g/mol. The van der Waals surface area contributed by atoms with Crippen molar-refractivity contribution in [3.63, 3.8) is 0 Å². The van der Waals surface area contributed by atoms with Crippen molar-refractivity contribution in [2.45, 2.75) is 36.7 Å². The third-order valence-electron chi connectivity index (χ3n) is 5.46. The van der Waals surface area contributed by atoms with Gasteiger partial charge in [-0.15, -0.1) is 0 Å². The predicted octanol–water partition coefficient (Wildman–Crippen LogP) is 2.17. The lowest BCUT2D eigenvalue weighted by atomic mass is 10.0. The molecule has 1 aliphatic carbocycles. The molecule has 8 nitrogen and oxygen atoms in total. The Kier molecular flexibility index (Phi) is 5.87. The molecule has 1 unspecified atom stereocenters. The van der Waals surface area contributed by atoms with E-state index in [1.165, 1.54) is 23.1 Å². The Labute approximate surface area is 189 Å². The molecule has 4 rings (SSSR count). The zero-order chi connectivity index (χ0) is 23.1. The number of halogens is 2. The van der Waals surface area contributed by atoms with E-state index in [2.05, 4.69) is 10.0 Å². The molecule has 2 aromatic carbocycles. The summed E-state index contributed by atoms with van der Waals surface area (Å²) < 4.78 is 40.7. The van der Waals surface area contributed by atoms with Crippen molar-refractivity contribution in [1.82, 2.24) is 5.32 Å². The zero-order valence-corrected chi connectivity index (χ0v) is 18.4. The molecule has 11 heteroatoms. The maximum atomic E-state index is 13.5. The van der Waals surface area contributed by atoms with Gasteiger partial charge in [-0.3, -0.25) is 14.3 Å². The van der Waals surface area contributed by atoms with Crippen molar-refractivity contribution in [1.29, 1.82) is 0 Å². The van der Waals surface area contributed by atoms with E-state index in [0.717, 1.165) is 6.07 Å². The first-order valence-electron chi connectivity index (χ1n) is 9.98. The van der Waals surface area contributed by atoms with Gasteiger partial charge < -0.3 is 15.3 Å². The summed E-state index contributed by atoms with van der Waals surface area (Å²) in [5.41, 5.74) is -1.51. The molecule has 1 saturated heterocycles. The Morgan fingerprint density at radius 3 is 2.66 bits per heavy atom. The molecule has 2 aromatic rings. The van der Waals surface area contributed by atoms with Crippen LogP contribution in [0.4, 0.5) is 15.8 Å². The second-order valence-electron chi connectivity index (χ2n) is 7.89. The summed E-state index contributed by atoms with van der Waals surface area (Å²) in [6.07, 6.45) is 0.971. The van der Waals surface area contributed by atoms with Crippen LogP contribution in [0.5, 0.6) is 0 Å². The number of amides is 2. The molecule has 170 valence electrons. The van der Waals surface area contributed by atoms with E-state index in [1.54, 1.807) is 18.2 Å². The largest absolute Gasteiger partial charge is 0.372 e. The number of hydrogen-bond acceptors (Lipinski definition) is 5. The van der Waals surface area contributed by atoms with Gasteiger partial charge in [-0.1, -0.05) is 23.7 Å². The Balaban J connectivity index is 1.50. The quantitative estimate of drug-likeness (QED) is 0.524. The molecule has 32 heavy (non-hydrogen) atoms. The van der Waals surface area contributed by atoms with Crippen LogP contribution < -0.4 is 14.9 Å². The number of hydrogen-bond donors (Lipinski definition) is 3. The average Bonchev–Trinajstić information content (AvgIpc) is 3.54. The van der Waals surface area contributed by atoms with Gasteiger partial charge in [-0.2, -0.15) is 0 Å². The van der Waals surface area contributed by atoms with Gasteiger partial charge in [0.05, 0.1) is 16.6 Å². The van der Waals surface area contributed by atoms with Gasteiger partial charge in [0.2, 0.25) is 15.6 Å². The number of carbonyl (C=O) groups excluding carboxylic acids is 2. The van der Waals surface area contributed by atoms with Crippen LogP contribution in [0.15, 0.2) is 42.5 Å². The summed E-state index contributed by atoms with van der Waals surface area (Å²) in [5.74, 6) is -2.37. The third kappa shape index (κ3) is 4.43. The van der Waals surface area contributed by atoms with Gasteiger partial charge in [-0.25, -0.2) is 12.8 Å². The summed E-state index contributed by atoms with van der Waals surface area (Å²) >= 11 is 5.80. The first-order valence-corrected chi connectivity index (χ1v) is 11.9. The minimum Gasteiger partial charge on any atom is -0.372 e. The Hall–Kier alpha value is -2.69. The third-order valence-corrected chi connectivity index (χ3v) is 7.53. The lowest BCUT2D eigenvalue weighted by molar-refractivity contribution is -0.149. The summed E-state index contributed by atoms with van der Waals surface area (Å²) in [4.78, 5) is 26.9. The van der Waals surface area contributed by atoms with Crippen LogP contribution in [-0.2, 0) is 26.2 Å². The molecule has 1 aliphatic heterocycles. The Bertz CT molecular complexity index is 1170. The van der Waals surface area contributed by atoms with Gasteiger partial charge >= 0.3 is 0 Å². The van der Waals surface area contributed by atoms with E-state index in [-0.39, 0.29) is 35.9 Å². The van der Waals surface area contributed by atoms with Gasteiger partial charge in [0.25, 0.3) is 11.8 Å². The maximum Gasteiger partial charge on any atom is 0.268 e. The predicted molar refractivity (Wildman–Crippen MR) is 117 cm³/mol. The standard InChI is InChI=1S/C21H21ClFN3O5S/c22-14-9-13(10-15(23)11-14)12-24-19(27)21(29)7-8-26(20(21)28)18-4-2-1-3-17(18)25-32(30,31)16-5-6-16/h1-4,9-11,16,25,29H,5-8,12H2,(H,24,27). The van der Waals surface area contributed by atoms with E-state index in [4.69, 9.17) is 11.6 Å². The maximum absolute atomic E-state index is 13.5. The summed E-state index contributed by atoms with van der Waals surface area (Å²) in [6, 6.07) is 10.1. The smallest absolute Gasteiger partial charge is 0.268 e. The molecule has 2 aliphatic rings. The second kappa shape index (κ2) is 8.34. The average molecular weight is 482 g/mol. The molecule has 0 bridgehead atoms. The number of para-hydroxylation sites is 2. The fourth-order valence-electron chi connectivity index (χ4n) is 3.60. The number of anilines is 2. The highest BCUT2D eigenvalue weighted by Crippen LogP contribution is 2.36. The molecule has 2 amide bonds. The molecule has 0 radical (unpaired) electrons. The highest BCUT2D eigenvalue weighted by atomic mass is 35.5. The first kappa shape index (κ1) is 22.5. The number of nitrogens with zero attached hydrogens (tertiary/aromatic N) is 1. The first-order chi connectivity index (χ1) is 15.1. The van der Waals surface area contributed by atoms with Crippen molar-refractivity contribution in [2.24, 2.45) is 0 Å². The molecule has 0 aromatic heterocycles. The lowest BCUT2D eigenvalue weighted by Crippen LogP contribution is -2.52. The van der Waals surface area contributed by atoms with Crippen molar-refractivity contribution >= 4 is 44.8 Å². The molecule has 2 fully saturated rings. The fourth-order valence-corrected chi connectivity index (χ4v) is 5.24. The van der Waals surface area contributed by atoms with Crippen molar-refractivity contribution in [3.05, 3.63) is 58.9 Å². The molecular formula is C21H21ClFN3O5S. The fraction of sp³-hybridized carbons (Fsp3) is 0.333. The highest BCUT2D eigenvalue weighted by Gasteiger charge is 2.52. The van der Waals surface area contributed by atoms with Crippen LogP contribution in [0.25, 0.3) is 0 Å². The molecule has 1 heterocycles. The van der Waals surface area contributed by atoms with Crippen molar-refractivity contribution < 1.29 is 27.5 Å². The number of aliphatic hydroxyl groups is 1. The van der Waals surface area contributed by atoms with Gasteiger partial charge in [0.15, 0.2) is 0 Å². The van der Waals surface area contributed by atoms with Gasteiger partial charge in [-0.05, 0) is 48.7 Å². The van der Waals surface area contributed by atoms with Crippen LogP contribution >= 0.6 is 11.6 Å². The van der Waals surface area contributed by atoms with Crippen LogP contribution in [0.2, 0.25) is 5.02 Å². The van der Waals surface area contributed by atoms with Crippen LogP contribution in [0, 0.1) is 5.82 Å². The van der Waals surface area contributed by atoms with Crippen LogP contribution in [-0.4, -0.2) is 42.7 Å². The number of carbonyl (C=O) groups is 2. The van der Waals surface area contributed by atoms with Crippen LogP contribution in [0.1, 0.15) is 24.8 Å². The second-order valence-corrected chi connectivity index (χ2v) is 10.3. The Morgan fingerprint density at radius 2 is 1.97 bits per heavy atom. The molecule has 1 saturated carbocycles. The Morgan fingerprint density at radius 1 is 1.25 bits per heavy atom. The number of benzene rings is 2. The van der Waals surface area contributed by atoms with Crippen molar-refractivity contribution in [2.75, 3.05) is 16.2 Å². The SMILES string of the molecule is O=C(NCc1cc(F)cc(Cl)c1)C1(O)CCN(c2ccccc2NS(=O)(=O)C2CC2)C1=O. The topological polar surface area (TPSA) is 116 Å². The number of sulfonamides is 1. The highest BCUT2D eigenvalue weighted by molar-refractivity contribution is 7.93. The lowest BCUT2D eigenvalue weighted by Gasteiger charge is -2.23. The zero-order valence-electron chi connectivity index (χ0n) is 16.8. The normalized spacial score (nSPS) is 21.0. The minimum atomic E-state index is -3.57. The van der Waals surface area contributed by atoms with E-state index in [0.29, 0.717) is 18.4 Å².